The Morgan fingerprint density at radius 1 is 0.903 bits per heavy atom. The van der Waals surface area contributed by atoms with Crippen molar-refractivity contribution in [1.82, 2.24) is 21.2 Å². The summed E-state index contributed by atoms with van der Waals surface area (Å²) in [5.74, 6) is -0.282. The second-order valence-corrected chi connectivity index (χ2v) is 7.59. The topological polar surface area (TPSA) is 66.1 Å². The van der Waals surface area contributed by atoms with Crippen LogP contribution in [0.3, 0.4) is 0 Å². The number of hydrogen-bond acceptors (Lipinski definition) is 3. The first kappa shape index (κ1) is 20.5. The van der Waals surface area contributed by atoms with Crippen LogP contribution in [-0.4, -0.2) is 16.0 Å². The molecule has 0 spiro atoms. The lowest BCUT2D eigenvalue weighted by Gasteiger charge is -2.13. The molecule has 0 saturated heterocycles. The van der Waals surface area contributed by atoms with Gasteiger partial charge in [-0.2, -0.15) is 0 Å². The highest BCUT2D eigenvalue weighted by Gasteiger charge is 2.14. The van der Waals surface area contributed by atoms with Crippen LogP contribution in [0.1, 0.15) is 21.5 Å². The molecule has 0 saturated carbocycles. The van der Waals surface area contributed by atoms with Gasteiger partial charge in [0.1, 0.15) is 0 Å². The predicted octanol–water partition coefficient (Wildman–Crippen LogP) is 4.52. The lowest BCUT2D eigenvalue weighted by molar-refractivity contribution is 0.0945. The highest BCUT2D eigenvalue weighted by molar-refractivity contribution is 7.80. The van der Waals surface area contributed by atoms with E-state index in [1.165, 1.54) is 5.56 Å². The van der Waals surface area contributed by atoms with E-state index in [0.29, 0.717) is 17.2 Å². The number of amides is 1. The number of aryl methyl sites for hydroxylation is 1. The van der Waals surface area contributed by atoms with Crippen LogP contribution in [0.15, 0.2) is 84.9 Å². The Kier molecular flexibility index (Phi) is 6.19. The summed E-state index contributed by atoms with van der Waals surface area (Å²) in [6.07, 6.45) is 0. The van der Waals surface area contributed by atoms with Crippen LogP contribution in [0.4, 0.5) is 0 Å². The van der Waals surface area contributed by atoms with Gasteiger partial charge in [-0.15, -0.1) is 0 Å². The minimum absolute atomic E-state index is 0.282. The molecule has 0 fully saturated rings. The summed E-state index contributed by atoms with van der Waals surface area (Å²) in [4.78, 5) is 17.7. The summed E-state index contributed by atoms with van der Waals surface area (Å²) in [6, 6.07) is 27.4. The Morgan fingerprint density at radius 2 is 1.61 bits per heavy atom. The summed E-state index contributed by atoms with van der Waals surface area (Å²) in [6.45, 7) is 2.61. The molecule has 0 aliphatic heterocycles. The monoisotopic (exact) mass is 426 g/mol. The van der Waals surface area contributed by atoms with Crippen LogP contribution < -0.4 is 16.2 Å². The van der Waals surface area contributed by atoms with Gasteiger partial charge in [0.2, 0.25) is 0 Å². The first-order valence-corrected chi connectivity index (χ1v) is 10.4. The number of fused-ring (bicyclic) bond motifs is 1. The molecular formula is C25H22N4OS. The van der Waals surface area contributed by atoms with Crippen molar-refractivity contribution in [3.8, 4) is 11.3 Å². The van der Waals surface area contributed by atoms with Gasteiger partial charge in [-0.1, -0.05) is 78.4 Å². The molecule has 0 atom stereocenters. The average Bonchev–Trinajstić information content (AvgIpc) is 2.81. The Balaban J connectivity index is 1.51. The van der Waals surface area contributed by atoms with Crippen molar-refractivity contribution in [3.63, 3.8) is 0 Å². The van der Waals surface area contributed by atoms with Crippen LogP contribution in [0, 0.1) is 6.92 Å². The van der Waals surface area contributed by atoms with E-state index >= 15 is 0 Å². The van der Waals surface area contributed by atoms with Crippen molar-refractivity contribution in [1.29, 1.82) is 0 Å². The van der Waals surface area contributed by atoms with Crippen molar-refractivity contribution in [2.45, 2.75) is 13.5 Å². The summed E-state index contributed by atoms with van der Waals surface area (Å²) < 4.78 is 0. The summed E-state index contributed by atoms with van der Waals surface area (Å²) in [5.41, 5.74) is 10.7. The van der Waals surface area contributed by atoms with Gasteiger partial charge in [0.15, 0.2) is 5.11 Å². The Hall–Kier alpha value is -3.77. The molecule has 0 aliphatic rings. The molecule has 4 aromatic rings. The Labute approximate surface area is 186 Å². The number of aromatic nitrogens is 1. The smallest absolute Gasteiger partial charge is 0.270 e. The van der Waals surface area contributed by atoms with E-state index in [1.54, 1.807) is 0 Å². The van der Waals surface area contributed by atoms with Gasteiger partial charge in [-0.25, -0.2) is 4.98 Å². The van der Waals surface area contributed by atoms with E-state index in [2.05, 4.69) is 16.2 Å². The zero-order chi connectivity index (χ0) is 21.6. The van der Waals surface area contributed by atoms with Crippen molar-refractivity contribution < 1.29 is 4.79 Å². The standard InChI is InChI=1S/C25H22N4OS/c1-17-11-13-19(14-12-17)23-15-21(20-9-5-6-10-22(20)27-23)24(30)28-29-25(31)26-16-18-7-3-2-4-8-18/h2-15H,16H2,1H3,(H,28,30)(H2,26,29,31). The largest absolute Gasteiger partial charge is 0.357 e. The molecule has 0 bridgehead atoms. The minimum Gasteiger partial charge on any atom is -0.357 e. The molecule has 6 heteroatoms. The maximum atomic E-state index is 13.0. The summed E-state index contributed by atoms with van der Waals surface area (Å²) in [7, 11) is 0. The molecule has 0 radical (unpaired) electrons. The quantitative estimate of drug-likeness (QED) is 0.331. The summed E-state index contributed by atoms with van der Waals surface area (Å²) >= 11 is 5.28. The highest BCUT2D eigenvalue weighted by atomic mass is 32.1. The molecule has 0 aliphatic carbocycles. The molecule has 31 heavy (non-hydrogen) atoms. The maximum absolute atomic E-state index is 13.0. The number of benzene rings is 3. The van der Waals surface area contributed by atoms with E-state index < -0.39 is 0 Å². The Morgan fingerprint density at radius 3 is 2.39 bits per heavy atom. The van der Waals surface area contributed by atoms with E-state index in [9.17, 15) is 4.79 Å². The maximum Gasteiger partial charge on any atom is 0.270 e. The van der Waals surface area contributed by atoms with Gasteiger partial charge in [0.05, 0.1) is 16.8 Å². The predicted molar refractivity (Wildman–Crippen MR) is 128 cm³/mol. The fourth-order valence-electron chi connectivity index (χ4n) is 3.24. The third-order valence-corrected chi connectivity index (χ3v) is 5.14. The second-order valence-electron chi connectivity index (χ2n) is 7.19. The van der Waals surface area contributed by atoms with Crippen molar-refractivity contribution in [2.24, 2.45) is 0 Å². The highest BCUT2D eigenvalue weighted by Crippen LogP contribution is 2.25. The van der Waals surface area contributed by atoms with Gasteiger partial charge in [0, 0.05) is 17.5 Å². The molecule has 3 N–H and O–H groups in total. The number of thiocarbonyl (C=S) groups is 1. The zero-order valence-corrected chi connectivity index (χ0v) is 17.9. The van der Waals surface area contributed by atoms with E-state index in [4.69, 9.17) is 17.2 Å². The third kappa shape index (κ3) is 5.05. The van der Waals surface area contributed by atoms with E-state index in [-0.39, 0.29) is 5.91 Å². The number of pyridine rings is 1. The SMILES string of the molecule is Cc1ccc(-c2cc(C(=O)NNC(=S)NCc3ccccc3)c3ccccc3n2)cc1. The average molecular weight is 427 g/mol. The van der Waals surface area contributed by atoms with Crippen LogP contribution in [0.5, 0.6) is 0 Å². The number of nitrogens with zero attached hydrogens (tertiary/aromatic N) is 1. The van der Waals surface area contributed by atoms with E-state index in [0.717, 1.165) is 27.7 Å². The molecule has 1 heterocycles. The fraction of sp³-hybridized carbons (Fsp3) is 0.0800. The normalized spacial score (nSPS) is 10.5. The summed E-state index contributed by atoms with van der Waals surface area (Å²) in [5, 5.41) is 4.20. The zero-order valence-electron chi connectivity index (χ0n) is 17.1. The van der Waals surface area contributed by atoms with Crippen LogP contribution in [0.25, 0.3) is 22.2 Å². The third-order valence-electron chi connectivity index (χ3n) is 4.89. The number of carbonyl (C=O) groups is 1. The van der Waals surface area contributed by atoms with Crippen LogP contribution in [-0.2, 0) is 6.54 Å². The van der Waals surface area contributed by atoms with E-state index in [1.807, 2.05) is 91.9 Å². The number of rotatable bonds is 4. The van der Waals surface area contributed by atoms with Gasteiger partial charge in [-0.3, -0.25) is 15.6 Å². The number of carbonyl (C=O) groups excluding carboxylic acids is 1. The molecule has 3 aromatic carbocycles. The molecule has 5 nitrogen and oxygen atoms in total. The lowest BCUT2D eigenvalue weighted by Crippen LogP contribution is -2.46. The van der Waals surface area contributed by atoms with Gasteiger partial charge in [0.25, 0.3) is 5.91 Å². The van der Waals surface area contributed by atoms with Gasteiger partial charge < -0.3 is 5.32 Å². The second kappa shape index (κ2) is 9.36. The first-order valence-electron chi connectivity index (χ1n) is 9.95. The minimum atomic E-state index is -0.282. The molecule has 1 aromatic heterocycles. The first-order chi connectivity index (χ1) is 15.1. The van der Waals surface area contributed by atoms with Crippen molar-refractivity contribution in [3.05, 3.63) is 102 Å². The molecule has 0 unspecified atom stereocenters. The van der Waals surface area contributed by atoms with Crippen LogP contribution >= 0.6 is 12.2 Å². The van der Waals surface area contributed by atoms with Crippen molar-refractivity contribution in [2.75, 3.05) is 0 Å². The van der Waals surface area contributed by atoms with Crippen LogP contribution in [0.2, 0.25) is 0 Å². The lowest BCUT2D eigenvalue weighted by atomic mass is 10.0. The van der Waals surface area contributed by atoms with Crippen molar-refractivity contribution >= 4 is 34.1 Å². The number of para-hydroxylation sites is 1. The fourth-order valence-corrected chi connectivity index (χ4v) is 3.36. The number of nitrogens with one attached hydrogen (secondary N) is 3. The van der Waals surface area contributed by atoms with Gasteiger partial charge in [-0.05, 0) is 36.8 Å². The molecular weight excluding hydrogens is 404 g/mol. The molecule has 4 rings (SSSR count). The number of hydrazine groups is 1. The van der Waals surface area contributed by atoms with Gasteiger partial charge >= 0.3 is 0 Å². The molecule has 154 valence electrons. The molecule has 1 amide bonds. The number of hydrogen-bond donors (Lipinski definition) is 3. The Bertz CT molecular complexity index is 1220.